The molecule has 0 bridgehead atoms. The molecule has 0 spiro atoms. The normalized spacial score (nSPS) is 7.87. The van der Waals surface area contributed by atoms with E-state index in [1.807, 2.05) is 0 Å². The van der Waals surface area contributed by atoms with E-state index in [1.54, 1.807) is 14.1 Å². The first kappa shape index (κ1) is 15.2. The Morgan fingerprint density at radius 3 is 1.60 bits per heavy atom. The van der Waals surface area contributed by atoms with Crippen LogP contribution in [0.2, 0.25) is 0 Å². The Balaban J connectivity index is 0. The second kappa shape index (κ2) is 7.12. The summed E-state index contributed by atoms with van der Waals surface area (Å²) in [6.45, 7) is 0. The lowest BCUT2D eigenvalue weighted by molar-refractivity contribution is -0.159. The van der Waals surface area contributed by atoms with Gasteiger partial charge in [-0.15, -0.1) is 0 Å². The zero-order valence-electron chi connectivity index (χ0n) is 8.24. The maximum absolute atomic E-state index is 9.10. The van der Waals surface area contributed by atoms with Crippen molar-refractivity contribution in [3.05, 3.63) is 0 Å². The molecule has 0 fully saturated rings. The molecular weight excluding hydrogens is 206 g/mol. The molecule has 0 aromatic heterocycles. The first-order valence-electron chi connectivity index (χ1n) is 3.51. The summed E-state index contributed by atoms with van der Waals surface area (Å²) in [5, 5.41) is 30.9. The molecule has 0 rings (SSSR count). The molecular formula is C6H13N5O4. The average molecular weight is 219 g/mol. The van der Waals surface area contributed by atoms with Crippen LogP contribution >= 0.6 is 0 Å². The van der Waals surface area contributed by atoms with E-state index in [4.69, 9.17) is 36.4 Å². The highest BCUT2D eigenvalue weighted by Crippen LogP contribution is 1.70. The molecule has 0 aliphatic rings. The van der Waals surface area contributed by atoms with Crippen molar-refractivity contribution in [1.82, 2.24) is 10.2 Å². The van der Waals surface area contributed by atoms with Gasteiger partial charge in [0.2, 0.25) is 0 Å². The second-order valence-electron chi connectivity index (χ2n) is 2.39. The molecule has 0 atom stereocenters. The van der Waals surface area contributed by atoms with Gasteiger partial charge in [-0.3, -0.25) is 16.1 Å². The first-order chi connectivity index (χ1) is 6.68. The maximum atomic E-state index is 9.10. The van der Waals surface area contributed by atoms with Crippen LogP contribution in [-0.2, 0) is 9.59 Å². The Kier molecular flexibility index (Phi) is 7.20. The van der Waals surface area contributed by atoms with E-state index in [2.05, 4.69) is 5.32 Å². The number of hydrogen-bond donors (Lipinski definition) is 6. The van der Waals surface area contributed by atoms with Gasteiger partial charge in [0.15, 0.2) is 11.9 Å². The van der Waals surface area contributed by atoms with Crippen molar-refractivity contribution in [2.45, 2.75) is 0 Å². The minimum Gasteiger partial charge on any atom is -0.473 e. The number of nitrogens with zero attached hydrogens (tertiary/aromatic N) is 1. The van der Waals surface area contributed by atoms with Crippen LogP contribution in [0.1, 0.15) is 0 Å². The topological polar surface area (TPSA) is 164 Å². The summed E-state index contributed by atoms with van der Waals surface area (Å²) < 4.78 is 0. The van der Waals surface area contributed by atoms with Crippen LogP contribution in [0, 0.1) is 10.8 Å². The minimum absolute atomic E-state index is 0.113. The summed E-state index contributed by atoms with van der Waals surface area (Å²) in [4.78, 5) is 19.7. The van der Waals surface area contributed by atoms with Crippen LogP contribution in [0.15, 0.2) is 0 Å². The third-order valence-corrected chi connectivity index (χ3v) is 0.883. The van der Waals surface area contributed by atoms with Gasteiger partial charge in [-0.05, 0) is 0 Å². The monoisotopic (exact) mass is 219 g/mol. The fraction of sp³-hybridized carbons (Fsp3) is 0.333. The standard InChI is InChI=1S/C4H11N5.C2H2O4/c1-9(2)4(7)8-3(5)6;3-1(4)2(5)6/h1-2H3,(H5,5,6,7,8);(H,3,4)(H,5,6). The lowest BCUT2D eigenvalue weighted by atomic mass is 10.7. The minimum atomic E-state index is -1.82. The van der Waals surface area contributed by atoms with Gasteiger partial charge in [0, 0.05) is 14.1 Å². The van der Waals surface area contributed by atoms with E-state index >= 15 is 0 Å². The number of aliphatic carboxylic acids is 2. The zero-order chi connectivity index (χ0) is 12.6. The summed E-state index contributed by atoms with van der Waals surface area (Å²) in [6, 6.07) is 0. The number of guanidine groups is 2. The van der Waals surface area contributed by atoms with E-state index in [9.17, 15) is 0 Å². The fourth-order valence-electron chi connectivity index (χ4n) is 0.239. The van der Waals surface area contributed by atoms with Crippen LogP contribution < -0.4 is 11.1 Å². The molecule has 0 amide bonds. The molecule has 15 heavy (non-hydrogen) atoms. The summed E-state index contributed by atoms with van der Waals surface area (Å²) in [6.07, 6.45) is 0. The highest BCUT2D eigenvalue weighted by Gasteiger charge is 2.04. The Morgan fingerprint density at radius 1 is 1.20 bits per heavy atom. The first-order valence-corrected chi connectivity index (χ1v) is 3.51. The molecule has 0 aliphatic carbocycles. The molecule has 9 heteroatoms. The number of carboxylic acid groups (broad SMARTS) is 2. The Morgan fingerprint density at radius 2 is 1.53 bits per heavy atom. The van der Waals surface area contributed by atoms with E-state index in [1.165, 1.54) is 4.90 Å². The Bertz CT molecular complexity index is 263. The van der Waals surface area contributed by atoms with Gasteiger partial charge in [0.05, 0.1) is 0 Å². The molecule has 7 N–H and O–H groups in total. The number of carboxylic acids is 2. The summed E-state index contributed by atoms with van der Waals surface area (Å²) in [5.41, 5.74) is 4.94. The van der Waals surface area contributed by atoms with Gasteiger partial charge in [-0.25, -0.2) is 9.59 Å². The number of nitrogens with one attached hydrogen (secondary N) is 3. The lowest BCUT2D eigenvalue weighted by Crippen LogP contribution is -2.42. The van der Waals surface area contributed by atoms with Crippen molar-refractivity contribution >= 4 is 23.9 Å². The maximum Gasteiger partial charge on any atom is 0.414 e. The lowest BCUT2D eigenvalue weighted by Gasteiger charge is -2.13. The van der Waals surface area contributed by atoms with Crippen molar-refractivity contribution < 1.29 is 19.8 Å². The van der Waals surface area contributed by atoms with E-state index in [0.717, 1.165) is 0 Å². The van der Waals surface area contributed by atoms with Crippen LogP contribution in [0.4, 0.5) is 0 Å². The predicted molar refractivity (Wildman–Crippen MR) is 51.7 cm³/mol. The molecule has 0 heterocycles. The van der Waals surface area contributed by atoms with E-state index in [0.29, 0.717) is 0 Å². The van der Waals surface area contributed by atoms with E-state index < -0.39 is 11.9 Å². The molecule has 0 aromatic rings. The van der Waals surface area contributed by atoms with Crippen molar-refractivity contribution in [3.8, 4) is 0 Å². The van der Waals surface area contributed by atoms with Gasteiger partial charge in [0.25, 0.3) is 0 Å². The SMILES string of the molecule is CN(C)C(=N)NC(=N)N.O=C(O)C(=O)O. The fourth-order valence-corrected chi connectivity index (χ4v) is 0.239. The molecule has 0 aromatic carbocycles. The third-order valence-electron chi connectivity index (χ3n) is 0.883. The third kappa shape index (κ3) is 11.7. The zero-order valence-corrected chi connectivity index (χ0v) is 8.24. The van der Waals surface area contributed by atoms with Crippen LogP contribution in [-0.4, -0.2) is 53.1 Å². The highest BCUT2D eigenvalue weighted by atomic mass is 16.4. The number of carbonyl (C=O) groups is 2. The van der Waals surface area contributed by atoms with Gasteiger partial charge in [-0.2, -0.15) is 0 Å². The van der Waals surface area contributed by atoms with Gasteiger partial charge in [-0.1, -0.05) is 0 Å². The largest absolute Gasteiger partial charge is 0.473 e. The Hall–Kier alpha value is -2.32. The molecule has 0 unspecified atom stereocenters. The van der Waals surface area contributed by atoms with E-state index in [-0.39, 0.29) is 11.9 Å². The van der Waals surface area contributed by atoms with Crippen molar-refractivity contribution in [2.75, 3.05) is 14.1 Å². The highest BCUT2D eigenvalue weighted by molar-refractivity contribution is 6.27. The second-order valence-corrected chi connectivity index (χ2v) is 2.39. The van der Waals surface area contributed by atoms with Crippen LogP contribution in [0.3, 0.4) is 0 Å². The number of hydrogen-bond acceptors (Lipinski definition) is 4. The van der Waals surface area contributed by atoms with Gasteiger partial charge < -0.3 is 20.8 Å². The summed E-state index contributed by atoms with van der Waals surface area (Å²) in [7, 11) is 3.39. The molecule has 9 nitrogen and oxygen atoms in total. The smallest absolute Gasteiger partial charge is 0.414 e. The molecule has 0 saturated carbocycles. The predicted octanol–water partition coefficient (Wildman–Crippen LogP) is -1.88. The molecule has 86 valence electrons. The van der Waals surface area contributed by atoms with Crippen LogP contribution in [0.25, 0.3) is 0 Å². The molecule has 0 radical (unpaired) electrons. The quantitative estimate of drug-likeness (QED) is 0.158. The number of nitrogens with two attached hydrogens (primary N) is 1. The molecule has 0 aliphatic heterocycles. The average Bonchev–Trinajstić information content (AvgIpc) is 2.03. The number of rotatable bonds is 0. The Labute approximate surface area is 85.5 Å². The molecule has 0 saturated heterocycles. The van der Waals surface area contributed by atoms with Crippen molar-refractivity contribution in [3.63, 3.8) is 0 Å². The van der Waals surface area contributed by atoms with Gasteiger partial charge in [0.1, 0.15) is 0 Å². The summed E-state index contributed by atoms with van der Waals surface area (Å²) >= 11 is 0. The summed E-state index contributed by atoms with van der Waals surface area (Å²) in [5.74, 6) is -3.75. The van der Waals surface area contributed by atoms with Gasteiger partial charge >= 0.3 is 11.9 Å². The van der Waals surface area contributed by atoms with Crippen molar-refractivity contribution in [1.29, 1.82) is 10.8 Å². The van der Waals surface area contributed by atoms with Crippen LogP contribution in [0.5, 0.6) is 0 Å². The van der Waals surface area contributed by atoms with Crippen molar-refractivity contribution in [2.24, 2.45) is 5.73 Å².